The molecule has 112 valence electrons. The number of piperazine rings is 1. The highest BCUT2D eigenvalue weighted by atomic mass is 35.5. The molecular weight excluding hydrogens is 288 g/mol. The molecule has 0 aromatic carbocycles. The van der Waals surface area contributed by atoms with Crippen LogP contribution in [0.25, 0.3) is 0 Å². The van der Waals surface area contributed by atoms with Gasteiger partial charge in [0.05, 0.1) is 18.9 Å². The Hall–Kier alpha value is -1.50. The maximum atomic E-state index is 5.81. The van der Waals surface area contributed by atoms with Crippen LogP contribution in [0.2, 0.25) is 5.15 Å². The third kappa shape index (κ3) is 4.23. The molecule has 0 atom stereocenters. The number of aromatic nitrogens is 4. The van der Waals surface area contributed by atoms with Gasteiger partial charge in [0, 0.05) is 45.5 Å². The Kier molecular flexibility index (Phi) is 4.80. The highest BCUT2D eigenvalue weighted by molar-refractivity contribution is 6.29. The number of hydrogen-bond donors (Lipinski definition) is 0. The summed E-state index contributed by atoms with van der Waals surface area (Å²) in [5.74, 6) is 0. The maximum Gasteiger partial charge on any atom is 0.129 e. The van der Waals surface area contributed by atoms with Crippen molar-refractivity contribution in [1.82, 2.24) is 29.8 Å². The molecule has 0 aliphatic carbocycles. The monoisotopic (exact) mass is 306 g/mol. The van der Waals surface area contributed by atoms with Crippen LogP contribution in [-0.2, 0) is 13.1 Å². The first-order valence-corrected chi connectivity index (χ1v) is 7.56. The summed E-state index contributed by atoms with van der Waals surface area (Å²) in [6.45, 7) is 7.13. The summed E-state index contributed by atoms with van der Waals surface area (Å²) in [5, 5.41) is 8.81. The third-order valence-corrected chi connectivity index (χ3v) is 3.97. The van der Waals surface area contributed by atoms with Gasteiger partial charge in [-0.3, -0.25) is 9.80 Å². The Morgan fingerprint density at radius 1 is 0.952 bits per heavy atom. The molecule has 0 bridgehead atoms. The number of hydrogen-bond acceptors (Lipinski definition) is 5. The quantitative estimate of drug-likeness (QED) is 0.776. The van der Waals surface area contributed by atoms with E-state index in [-0.39, 0.29) is 0 Å². The van der Waals surface area contributed by atoms with E-state index in [0.29, 0.717) is 5.15 Å². The minimum Gasteiger partial charge on any atom is -0.299 e. The molecule has 0 unspecified atom stereocenters. The molecular formula is C14H19ClN6. The molecule has 7 heteroatoms. The Morgan fingerprint density at radius 2 is 1.67 bits per heavy atom. The predicted octanol–water partition coefficient (Wildman–Crippen LogP) is 1.14. The second kappa shape index (κ2) is 6.98. The molecule has 0 amide bonds. The van der Waals surface area contributed by atoms with E-state index in [1.807, 2.05) is 18.3 Å². The van der Waals surface area contributed by atoms with E-state index in [1.54, 1.807) is 17.2 Å². The lowest BCUT2D eigenvalue weighted by Gasteiger charge is -2.34. The van der Waals surface area contributed by atoms with Gasteiger partial charge in [-0.15, -0.1) is 0 Å². The van der Waals surface area contributed by atoms with Gasteiger partial charge in [-0.2, -0.15) is 15.0 Å². The van der Waals surface area contributed by atoms with Gasteiger partial charge in [0.15, 0.2) is 0 Å². The molecule has 0 radical (unpaired) electrons. The minimum absolute atomic E-state index is 0.552. The zero-order valence-electron chi connectivity index (χ0n) is 11.9. The van der Waals surface area contributed by atoms with Crippen LogP contribution in [-0.4, -0.2) is 62.5 Å². The highest BCUT2D eigenvalue weighted by Gasteiger charge is 2.16. The maximum absolute atomic E-state index is 5.81. The number of pyridine rings is 1. The van der Waals surface area contributed by atoms with Crippen molar-refractivity contribution in [2.24, 2.45) is 0 Å². The van der Waals surface area contributed by atoms with E-state index in [2.05, 4.69) is 25.0 Å². The van der Waals surface area contributed by atoms with E-state index < -0.39 is 0 Å². The molecule has 1 fully saturated rings. The smallest absolute Gasteiger partial charge is 0.129 e. The van der Waals surface area contributed by atoms with E-state index in [4.69, 9.17) is 11.6 Å². The van der Waals surface area contributed by atoms with E-state index in [0.717, 1.165) is 45.8 Å². The lowest BCUT2D eigenvalue weighted by Crippen LogP contribution is -2.46. The Labute approximate surface area is 129 Å². The molecule has 6 nitrogen and oxygen atoms in total. The van der Waals surface area contributed by atoms with Crippen LogP contribution >= 0.6 is 11.6 Å². The third-order valence-electron chi connectivity index (χ3n) is 3.74. The summed E-state index contributed by atoms with van der Waals surface area (Å²) in [6.07, 6.45) is 5.30. The molecule has 1 aliphatic rings. The van der Waals surface area contributed by atoms with Crippen LogP contribution in [0.3, 0.4) is 0 Å². The van der Waals surface area contributed by atoms with Crippen molar-refractivity contribution in [3.05, 3.63) is 41.4 Å². The molecule has 2 aromatic rings. The summed E-state index contributed by atoms with van der Waals surface area (Å²) in [7, 11) is 0. The van der Waals surface area contributed by atoms with E-state index in [1.165, 1.54) is 5.56 Å². The van der Waals surface area contributed by atoms with Crippen LogP contribution in [0.5, 0.6) is 0 Å². The van der Waals surface area contributed by atoms with Gasteiger partial charge in [-0.1, -0.05) is 17.7 Å². The summed E-state index contributed by atoms with van der Waals surface area (Å²) < 4.78 is 0. The fourth-order valence-electron chi connectivity index (χ4n) is 2.52. The number of rotatable bonds is 5. The first-order valence-electron chi connectivity index (χ1n) is 7.19. The minimum atomic E-state index is 0.552. The van der Waals surface area contributed by atoms with Crippen molar-refractivity contribution < 1.29 is 0 Å². The second-order valence-corrected chi connectivity index (χ2v) is 5.62. The molecule has 1 saturated heterocycles. The van der Waals surface area contributed by atoms with Crippen LogP contribution < -0.4 is 0 Å². The van der Waals surface area contributed by atoms with Gasteiger partial charge in [-0.25, -0.2) is 4.98 Å². The summed E-state index contributed by atoms with van der Waals surface area (Å²) in [6, 6.07) is 3.90. The van der Waals surface area contributed by atoms with E-state index in [9.17, 15) is 0 Å². The number of nitrogens with zero attached hydrogens (tertiary/aromatic N) is 6. The Balaban J connectivity index is 1.41. The molecule has 0 N–H and O–H groups in total. The highest BCUT2D eigenvalue weighted by Crippen LogP contribution is 2.10. The Bertz CT molecular complexity index is 533. The zero-order valence-corrected chi connectivity index (χ0v) is 12.7. The summed E-state index contributed by atoms with van der Waals surface area (Å²) >= 11 is 5.81. The topological polar surface area (TPSA) is 50.1 Å². The average molecular weight is 307 g/mol. The normalized spacial score (nSPS) is 17.2. The summed E-state index contributed by atoms with van der Waals surface area (Å²) in [5.41, 5.74) is 1.22. The predicted molar refractivity (Wildman–Crippen MR) is 81.0 cm³/mol. The van der Waals surface area contributed by atoms with Crippen molar-refractivity contribution in [2.75, 3.05) is 32.7 Å². The zero-order chi connectivity index (χ0) is 14.5. The Morgan fingerprint density at radius 3 is 2.33 bits per heavy atom. The van der Waals surface area contributed by atoms with Gasteiger partial charge in [0.1, 0.15) is 5.15 Å². The van der Waals surface area contributed by atoms with Crippen molar-refractivity contribution in [1.29, 1.82) is 0 Å². The molecule has 21 heavy (non-hydrogen) atoms. The second-order valence-electron chi connectivity index (χ2n) is 5.23. The molecule has 0 saturated carbocycles. The fourth-order valence-corrected chi connectivity index (χ4v) is 2.63. The molecule has 0 spiro atoms. The fraction of sp³-hybridized carbons (Fsp3) is 0.500. The van der Waals surface area contributed by atoms with E-state index >= 15 is 0 Å². The van der Waals surface area contributed by atoms with Crippen molar-refractivity contribution in [3.63, 3.8) is 0 Å². The molecule has 3 rings (SSSR count). The van der Waals surface area contributed by atoms with Crippen LogP contribution in [0.4, 0.5) is 0 Å². The first-order chi connectivity index (χ1) is 10.3. The van der Waals surface area contributed by atoms with Crippen molar-refractivity contribution in [2.45, 2.75) is 13.1 Å². The lowest BCUT2D eigenvalue weighted by molar-refractivity contribution is 0.122. The molecule has 1 aliphatic heterocycles. The first kappa shape index (κ1) is 14.4. The number of halogens is 1. The van der Waals surface area contributed by atoms with Crippen LogP contribution in [0.15, 0.2) is 30.7 Å². The largest absolute Gasteiger partial charge is 0.299 e. The lowest BCUT2D eigenvalue weighted by atomic mass is 10.2. The van der Waals surface area contributed by atoms with Crippen LogP contribution in [0.1, 0.15) is 5.56 Å². The summed E-state index contributed by atoms with van der Waals surface area (Å²) in [4.78, 5) is 10.8. The molecule has 3 heterocycles. The van der Waals surface area contributed by atoms with Gasteiger partial charge in [0.2, 0.25) is 0 Å². The SMILES string of the molecule is Clc1ccc(CN2CCN(CCn3nccn3)CC2)cn1. The molecule has 2 aromatic heterocycles. The van der Waals surface area contributed by atoms with Gasteiger partial charge >= 0.3 is 0 Å². The standard InChI is InChI=1S/C14H19ClN6/c15-14-2-1-13(11-16-14)12-20-7-5-19(6-8-20)9-10-21-17-3-4-18-21/h1-4,11H,5-10,12H2. The van der Waals surface area contributed by atoms with Crippen molar-refractivity contribution in [3.8, 4) is 0 Å². The van der Waals surface area contributed by atoms with Gasteiger partial charge in [-0.05, 0) is 11.6 Å². The van der Waals surface area contributed by atoms with Gasteiger partial charge in [0.25, 0.3) is 0 Å². The average Bonchev–Trinajstić information content (AvgIpc) is 3.02. The van der Waals surface area contributed by atoms with Crippen LogP contribution in [0, 0.1) is 0 Å². The van der Waals surface area contributed by atoms with Gasteiger partial charge < -0.3 is 0 Å². The van der Waals surface area contributed by atoms with Crippen molar-refractivity contribution >= 4 is 11.6 Å².